The number of rotatable bonds is 7. The van der Waals surface area contributed by atoms with Crippen LogP contribution in [0.25, 0.3) is 0 Å². The van der Waals surface area contributed by atoms with Crippen LogP contribution in [0.3, 0.4) is 0 Å². The Kier molecular flexibility index (Phi) is 7.13. The van der Waals surface area contributed by atoms with Gasteiger partial charge in [-0.25, -0.2) is 4.39 Å². The SMILES string of the molecule is CCC(Oc1ccc(F)cc1)C(=O)NC(C)c1ccc(N2CCCC(C)C2)cc1. The molecule has 29 heavy (non-hydrogen) atoms. The van der Waals surface area contributed by atoms with E-state index in [1.807, 2.05) is 13.8 Å². The molecule has 3 rings (SSSR count). The van der Waals surface area contributed by atoms with E-state index in [1.165, 1.54) is 42.8 Å². The van der Waals surface area contributed by atoms with Crippen molar-refractivity contribution in [1.29, 1.82) is 0 Å². The molecule has 0 bridgehead atoms. The van der Waals surface area contributed by atoms with Crippen LogP contribution in [0.2, 0.25) is 0 Å². The number of anilines is 1. The van der Waals surface area contributed by atoms with Gasteiger partial charge in [-0.15, -0.1) is 0 Å². The minimum atomic E-state index is -0.614. The summed E-state index contributed by atoms with van der Waals surface area (Å²) >= 11 is 0. The van der Waals surface area contributed by atoms with Gasteiger partial charge >= 0.3 is 0 Å². The zero-order valence-corrected chi connectivity index (χ0v) is 17.5. The zero-order chi connectivity index (χ0) is 20.8. The van der Waals surface area contributed by atoms with E-state index in [9.17, 15) is 9.18 Å². The van der Waals surface area contributed by atoms with Crippen molar-refractivity contribution in [2.45, 2.75) is 52.2 Å². The van der Waals surface area contributed by atoms with E-state index < -0.39 is 6.10 Å². The molecule has 0 aliphatic carbocycles. The maximum Gasteiger partial charge on any atom is 0.261 e. The van der Waals surface area contributed by atoms with Crippen LogP contribution >= 0.6 is 0 Å². The second-order valence-corrected chi connectivity index (χ2v) is 7.98. The second-order valence-electron chi connectivity index (χ2n) is 7.98. The molecule has 0 aromatic heterocycles. The van der Waals surface area contributed by atoms with Crippen molar-refractivity contribution in [2.75, 3.05) is 18.0 Å². The molecule has 0 spiro atoms. The third kappa shape index (κ3) is 5.72. The molecule has 2 aromatic rings. The predicted molar refractivity (Wildman–Crippen MR) is 115 cm³/mol. The van der Waals surface area contributed by atoms with Crippen LogP contribution in [0, 0.1) is 11.7 Å². The van der Waals surface area contributed by atoms with Gasteiger partial charge in [0, 0.05) is 18.8 Å². The molecule has 5 heteroatoms. The Hall–Kier alpha value is -2.56. The molecule has 1 aliphatic heterocycles. The van der Waals surface area contributed by atoms with E-state index in [4.69, 9.17) is 4.74 Å². The molecule has 1 amide bonds. The Bertz CT molecular complexity index is 792. The zero-order valence-electron chi connectivity index (χ0n) is 17.5. The van der Waals surface area contributed by atoms with E-state index >= 15 is 0 Å². The lowest BCUT2D eigenvalue weighted by Crippen LogP contribution is -2.39. The molecule has 4 nitrogen and oxygen atoms in total. The molecular weight excluding hydrogens is 367 g/mol. The molecule has 1 heterocycles. The molecule has 3 atom stereocenters. The molecule has 1 N–H and O–H groups in total. The normalized spacial score (nSPS) is 18.8. The molecule has 3 unspecified atom stereocenters. The number of ether oxygens (including phenoxy) is 1. The van der Waals surface area contributed by atoms with Crippen LogP contribution in [-0.4, -0.2) is 25.1 Å². The Morgan fingerprint density at radius 1 is 1.21 bits per heavy atom. The van der Waals surface area contributed by atoms with E-state index in [1.54, 1.807) is 0 Å². The quantitative estimate of drug-likeness (QED) is 0.706. The topological polar surface area (TPSA) is 41.6 Å². The number of carbonyl (C=O) groups is 1. The highest BCUT2D eigenvalue weighted by atomic mass is 19.1. The van der Waals surface area contributed by atoms with Crippen LogP contribution in [0.5, 0.6) is 5.75 Å². The average molecular weight is 399 g/mol. The van der Waals surface area contributed by atoms with Crippen molar-refractivity contribution in [3.63, 3.8) is 0 Å². The number of nitrogens with one attached hydrogen (secondary N) is 1. The van der Waals surface area contributed by atoms with Gasteiger partial charge in [-0.3, -0.25) is 4.79 Å². The van der Waals surface area contributed by atoms with Gasteiger partial charge in [0.1, 0.15) is 11.6 Å². The number of hydrogen-bond donors (Lipinski definition) is 1. The van der Waals surface area contributed by atoms with Gasteiger partial charge in [-0.2, -0.15) is 0 Å². The Morgan fingerprint density at radius 3 is 2.52 bits per heavy atom. The van der Waals surface area contributed by atoms with Gasteiger partial charge in [0.05, 0.1) is 6.04 Å². The van der Waals surface area contributed by atoms with Crippen molar-refractivity contribution in [3.8, 4) is 5.75 Å². The average Bonchev–Trinajstić information content (AvgIpc) is 2.73. The Morgan fingerprint density at radius 2 is 1.90 bits per heavy atom. The van der Waals surface area contributed by atoms with Crippen molar-refractivity contribution in [3.05, 3.63) is 59.9 Å². The number of halogens is 1. The largest absolute Gasteiger partial charge is 0.481 e. The summed E-state index contributed by atoms with van der Waals surface area (Å²) in [6, 6.07) is 14.1. The number of benzene rings is 2. The highest BCUT2D eigenvalue weighted by molar-refractivity contribution is 5.81. The molecule has 0 saturated carbocycles. The van der Waals surface area contributed by atoms with E-state index in [0.29, 0.717) is 12.2 Å². The van der Waals surface area contributed by atoms with Crippen LogP contribution < -0.4 is 15.0 Å². The first kappa shape index (κ1) is 21.2. The Balaban J connectivity index is 1.58. The first-order valence-electron chi connectivity index (χ1n) is 10.5. The fourth-order valence-electron chi connectivity index (χ4n) is 3.79. The van der Waals surface area contributed by atoms with Gasteiger partial charge in [0.25, 0.3) is 5.91 Å². The molecule has 2 aromatic carbocycles. The summed E-state index contributed by atoms with van der Waals surface area (Å²) in [5, 5.41) is 3.03. The Labute approximate surface area is 173 Å². The minimum Gasteiger partial charge on any atom is -0.481 e. The fourth-order valence-corrected chi connectivity index (χ4v) is 3.79. The first-order valence-corrected chi connectivity index (χ1v) is 10.5. The number of nitrogens with zero attached hydrogens (tertiary/aromatic N) is 1. The van der Waals surface area contributed by atoms with Crippen molar-refractivity contribution >= 4 is 11.6 Å². The van der Waals surface area contributed by atoms with E-state index in [2.05, 4.69) is 41.4 Å². The molecule has 1 saturated heterocycles. The lowest BCUT2D eigenvalue weighted by molar-refractivity contribution is -0.128. The van der Waals surface area contributed by atoms with E-state index in [-0.39, 0.29) is 17.8 Å². The smallest absolute Gasteiger partial charge is 0.261 e. The summed E-state index contributed by atoms with van der Waals surface area (Å²) < 4.78 is 18.8. The van der Waals surface area contributed by atoms with E-state index in [0.717, 1.165) is 24.6 Å². The lowest BCUT2D eigenvalue weighted by atomic mass is 9.99. The summed E-state index contributed by atoms with van der Waals surface area (Å²) in [6.07, 6.45) is 2.46. The molecule has 1 fully saturated rings. The third-order valence-corrected chi connectivity index (χ3v) is 5.53. The van der Waals surface area contributed by atoms with Crippen LogP contribution in [0.15, 0.2) is 48.5 Å². The molecular formula is C24H31FN2O2. The van der Waals surface area contributed by atoms with Gasteiger partial charge < -0.3 is 15.0 Å². The number of piperidine rings is 1. The highest BCUT2D eigenvalue weighted by Gasteiger charge is 2.21. The maximum atomic E-state index is 13.1. The summed E-state index contributed by atoms with van der Waals surface area (Å²) in [5.74, 6) is 0.721. The molecule has 0 radical (unpaired) electrons. The highest BCUT2D eigenvalue weighted by Crippen LogP contribution is 2.25. The number of amides is 1. The van der Waals surface area contributed by atoms with Crippen molar-refractivity contribution in [1.82, 2.24) is 5.32 Å². The predicted octanol–water partition coefficient (Wildman–Crippen LogP) is 5.10. The molecule has 156 valence electrons. The fraction of sp³-hybridized carbons (Fsp3) is 0.458. The minimum absolute atomic E-state index is 0.123. The van der Waals surface area contributed by atoms with Crippen molar-refractivity contribution in [2.24, 2.45) is 5.92 Å². The summed E-state index contributed by atoms with van der Waals surface area (Å²) in [4.78, 5) is 15.1. The van der Waals surface area contributed by atoms with Gasteiger partial charge in [-0.05, 0) is 74.1 Å². The van der Waals surface area contributed by atoms with Crippen LogP contribution in [-0.2, 0) is 4.79 Å². The van der Waals surface area contributed by atoms with Gasteiger partial charge in [-0.1, -0.05) is 26.0 Å². The monoisotopic (exact) mass is 398 g/mol. The summed E-state index contributed by atoms with van der Waals surface area (Å²) in [5.41, 5.74) is 2.30. The summed E-state index contributed by atoms with van der Waals surface area (Å²) in [6.45, 7) is 8.38. The number of carbonyl (C=O) groups excluding carboxylic acids is 1. The number of hydrogen-bond acceptors (Lipinski definition) is 3. The molecule has 1 aliphatic rings. The second kappa shape index (κ2) is 9.77. The standard InChI is InChI=1S/C24H31FN2O2/c1-4-23(29-22-13-9-20(25)10-14-22)24(28)26-18(3)19-7-11-21(12-8-19)27-15-5-6-17(2)16-27/h7-14,17-18,23H,4-6,15-16H2,1-3H3,(H,26,28). The first-order chi connectivity index (χ1) is 14.0. The third-order valence-electron chi connectivity index (χ3n) is 5.53. The maximum absolute atomic E-state index is 13.1. The van der Waals surface area contributed by atoms with Gasteiger partial charge in [0.15, 0.2) is 6.10 Å². The van der Waals surface area contributed by atoms with Crippen LogP contribution in [0.4, 0.5) is 10.1 Å². The summed E-state index contributed by atoms with van der Waals surface area (Å²) in [7, 11) is 0. The lowest BCUT2D eigenvalue weighted by Gasteiger charge is -2.33. The van der Waals surface area contributed by atoms with Crippen LogP contribution in [0.1, 0.15) is 51.6 Å². The van der Waals surface area contributed by atoms with Crippen molar-refractivity contribution < 1.29 is 13.9 Å². The van der Waals surface area contributed by atoms with Gasteiger partial charge in [0.2, 0.25) is 0 Å².